The molecule has 0 radical (unpaired) electrons. The van der Waals surface area contributed by atoms with Gasteiger partial charge in [-0.15, -0.1) is 11.8 Å². The topological polar surface area (TPSA) is 67.4 Å². The van der Waals surface area contributed by atoms with Gasteiger partial charge in [0, 0.05) is 42.7 Å². The molecular formula is C15H37NO6SSi2. The first-order chi connectivity index (χ1) is 11.9. The molecule has 0 saturated carbocycles. The van der Waals surface area contributed by atoms with E-state index in [1.54, 1.807) is 54.4 Å². The quantitative estimate of drug-likeness (QED) is 0.323. The van der Waals surface area contributed by atoms with Gasteiger partial charge < -0.3 is 26.6 Å². The summed E-state index contributed by atoms with van der Waals surface area (Å²) in [6.45, 7) is 6.37. The van der Waals surface area contributed by atoms with Crippen molar-refractivity contribution in [2.24, 2.45) is 0 Å². The average molecular weight is 416 g/mol. The number of hydrogen-bond acceptors (Lipinski definition) is 8. The van der Waals surface area contributed by atoms with Crippen molar-refractivity contribution in [2.45, 2.75) is 55.9 Å². The summed E-state index contributed by atoms with van der Waals surface area (Å²) in [7, 11) is 4.42. The van der Waals surface area contributed by atoms with E-state index in [1.165, 1.54) is 0 Å². The Morgan fingerprint density at radius 1 is 0.680 bits per heavy atom. The van der Waals surface area contributed by atoms with E-state index in [-0.39, 0.29) is 15.9 Å². The molecule has 0 heterocycles. The summed E-state index contributed by atoms with van der Waals surface area (Å²) in [4.78, 5) is 0.131. The Hall–Kier alpha value is 0.504. The van der Waals surface area contributed by atoms with Crippen LogP contribution >= 0.6 is 11.8 Å². The lowest BCUT2D eigenvalue weighted by Crippen LogP contribution is -2.62. The standard InChI is InChI=1S/C15H37NO6SSi2/c1-10-13(16-14(11-2)24(17-4,18-5)19-6)23-15(12-3)25(20-7,21-8)22-9/h13-16H,10-12H2,1-9H3. The van der Waals surface area contributed by atoms with Gasteiger partial charge in [-0.2, -0.15) is 0 Å². The van der Waals surface area contributed by atoms with Gasteiger partial charge in [-0.1, -0.05) is 20.8 Å². The maximum atomic E-state index is 5.68. The molecule has 0 aromatic heterocycles. The minimum atomic E-state index is -2.76. The number of thioether (sulfide) groups is 1. The molecule has 3 atom stereocenters. The van der Waals surface area contributed by atoms with Gasteiger partial charge in [0.05, 0.1) is 15.9 Å². The lowest BCUT2D eigenvalue weighted by Gasteiger charge is -2.37. The van der Waals surface area contributed by atoms with Crippen molar-refractivity contribution < 1.29 is 26.6 Å². The zero-order valence-electron chi connectivity index (χ0n) is 17.2. The molecule has 0 amide bonds. The Balaban J connectivity index is 5.30. The van der Waals surface area contributed by atoms with Gasteiger partial charge in [-0.05, 0) is 19.3 Å². The molecule has 3 unspecified atom stereocenters. The van der Waals surface area contributed by atoms with Gasteiger partial charge in [0.2, 0.25) is 0 Å². The normalized spacial score (nSPS) is 16.7. The molecular weight excluding hydrogens is 378 g/mol. The summed E-state index contributed by atoms with van der Waals surface area (Å²) < 4.78 is 34.0. The van der Waals surface area contributed by atoms with Crippen LogP contribution < -0.4 is 5.32 Å². The first-order valence-electron chi connectivity index (χ1n) is 8.65. The lowest BCUT2D eigenvalue weighted by molar-refractivity contribution is 0.106. The highest BCUT2D eigenvalue weighted by molar-refractivity contribution is 8.02. The molecule has 0 rings (SSSR count). The molecule has 0 aromatic carbocycles. The molecule has 0 bridgehead atoms. The predicted octanol–water partition coefficient (Wildman–Crippen LogP) is 2.44. The number of hydrogen-bond donors (Lipinski definition) is 1. The molecule has 10 heteroatoms. The largest absolute Gasteiger partial charge is 0.518 e. The van der Waals surface area contributed by atoms with Gasteiger partial charge in [0.15, 0.2) is 0 Å². The van der Waals surface area contributed by atoms with Crippen LogP contribution in [0.2, 0.25) is 0 Å². The summed E-state index contributed by atoms with van der Waals surface area (Å²) in [6.07, 6.45) is 2.67. The van der Waals surface area contributed by atoms with Crippen LogP contribution in [-0.2, 0) is 26.6 Å². The van der Waals surface area contributed by atoms with E-state index < -0.39 is 17.6 Å². The maximum Gasteiger partial charge on any atom is 0.518 e. The van der Waals surface area contributed by atoms with E-state index in [0.29, 0.717) is 0 Å². The van der Waals surface area contributed by atoms with Crippen molar-refractivity contribution in [3.8, 4) is 0 Å². The van der Waals surface area contributed by atoms with Crippen LogP contribution in [0.4, 0.5) is 0 Å². The Morgan fingerprint density at radius 3 is 1.40 bits per heavy atom. The molecule has 0 aliphatic heterocycles. The first kappa shape index (κ1) is 25.5. The molecule has 0 spiro atoms. The molecule has 0 aliphatic rings. The van der Waals surface area contributed by atoms with Gasteiger partial charge in [0.25, 0.3) is 0 Å². The predicted molar refractivity (Wildman–Crippen MR) is 107 cm³/mol. The monoisotopic (exact) mass is 415 g/mol. The second-order valence-corrected chi connectivity index (χ2v) is 13.6. The summed E-state index contributed by atoms with van der Waals surface area (Å²) in [5.74, 6) is 0. The Kier molecular flexibility index (Phi) is 13.1. The summed E-state index contributed by atoms with van der Waals surface area (Å²) >= 11 is 1.79. The van der Waals surface area contributed by atoms with E-state index >= 15 is 0 Å². The van der Waals surface area contributed by atoms with E-state index in [9.17, 15) is 0 Å². The Morgan fingerprint density at radius 2 is 1.12 bits per heavy atom. The fraction of sp³-hybridized carbons (Fsp3) is 1.00. The highest BCUT2D eigenvalue weighted by atomic mass is 32.2. The summed E-state index contributed by atoms with van der Waals surface area (Å²) in [5.41, 5.74) is 0.00570. The second-order valence-electron chi connectivity index (χ2n) is 5.49. The number of rotatable bonds is 15. The van der Waals surface area contributed by atoms with E-state index in [2.05, 4.69) is 26.1 Å². The van der Waals surface area contributed by atoms with Crippen molar-refractivity contribution >= 4 is 29.4 Å². The fourth-order valence-electron chi connectivity index (χ4n) is 2.90. The van der Waals surface area contributed by atoms with Crippen LogP contribution in [-0.4, -0.2) is 76.2 Å². The highest BCUT2D eigenvalue weighted by Gasteiger charge is 2.50. The molecule has 0 aliphatic carbocycles. The van der Waals surface area contributed by atoms with Crippen LogP contribution in [0.15, 0.2) is 0 Å². The highest BCUT2D eigenvalue weighted by Crippen LogP contribution is 2.31. The molecule has 0 saturated heterocycles. The van der Waals surface area contributed by atoms with Gasteiger partial charge in [-0.25, -0.2) is 0 Å². The lowest BCUT2D eigenvalue weighted by atomic mass is 10.4. The Bertz CT molecular complexity index is 301. The minimum Gasteiger partial charge on any atom is -0.376 e. The fourth-order valence-corrected chi connectivity index (χ4v) is 10.1. The van der Waals surface area contributed by atoms with Crippen molar-refractivity contribution in [1.82, 2.24) is 5.32 Å². The molecule has 0 aromatic rings. The molecule has 25 heavy (non-hydrogen) atoms. The third kappa shape index (κ3) is 6.27. The van der Waals surface area contributed by atoms with Crippen LogP contribution in [0.3, 0.4) is 0 Å². The van der Waals surface area contributed by atoms with Crippen LogP contribution in [0.5, 0.6) is 0 Å². The van der Waals surface area contributed by atoms with E-state index in [0.717, 1.165) is 19.3 Å². The van der Waals surface area contributed by atoms with Crippen LogP contribution in [0, 0.1) is 0 Å². The number of nitrogens with one attached hydrogen (secondary N) is 1. The van der Waals surface area contributed by atoms with E-state index in [4.69, 9.17) is 26.6 Å². The van der Waals surface area contributed by atoms with Gasteiger partial charge >= 0.3 is 17.6 Å². The van der Waals surface area contributed by atoms with Crippen molar-refractivity contribution in [3.05, 3.63) is 0 Å². The average Bonchev–Trinajstić information content (AvgIpc) is 2.67. The summed E-state index contributed by atoms with van der Waals surface area (Å²) in [6, 6.07) is 0. The molecule has 1 N–H and O–H groups in total. The zero-order valence-corrected chi connectivity index (χ0v) is 20.0. The maximum absolute atomic E-state index is 5.68. The van der Waals surface area contributed by atoms with Gasteiger partial charge in [0.1, 0.15) is 0 Å². The van der Waals surface area contributed by atoms with Crippen LogP contribution in [0.1, 0.15) is 40.0 Å². The smallest absolute Gasteiger partial charge is 0.376 e. The minimum absolute atomic E-state index is 0.00570. The SMILES string of the molecule is CCC(NC(CC)[Si](OC)(OC)OC)SC(CC)[Si](OC)(OC)OC. The molecule has 0 fully saturated rings. The Labute approximate surface area is 160 Å². The van der Waals surface area contributed by atoms with E-state index in [1.807, 2.05) is 0 Å². The van der Waals surface area contributed by atoms with Crippen molar-refractivity contribution in [3.63, 3.8) is 0 Å². The van der Waals surface area contributed by atoms with Crippen LogP contribution in [0.25, 0.3) is 0 Å². The zero-order chi connectivity index (χ0) is 19.5. The van der Waals surface area contributed by atoms with Crippen molar-refractivity contribution in [2.75, 3.05) is 42.7 Å². The second kappa shape index (κ2) is 12.8. The first-order valence-corrected chi connectivity index (χ1v) is 13.2. The van der Waals surface area contributed by atoms with Gasteiger partial charge in [-0.3, -0.25) is 5.32 Å². The third-order valence-electron chi connectivity index (χ3n) is 4.39. The summed E-state index contributed by atoms with van der Waals surface area (Å²) in [5, 5.41) is 3.84. The molecule has 7 nitrogen and oxygen atoms in total. The van der Waals surface area contributed by atoms with Crippen molar-refractivity contribution in [1.29, 1.82) is 0 Å². The third-order valence-corrected chi connectivity index (χ3v) is 13.2. The molecule has 152 valence electrons.